The Morgan fingerprint density at radius 2 is 1.94 bits per heavy atom. The summed E-state index contributed by atoms with van der Waals surface area (Å²) >= 11 is 0. The molecular weight excluding hydrogens is 202 g/mol. The maximum atomic E-state index is 5.69. The molecule has 1 aliphatic rings. The van der Waals surface area contributed by atoms with Crippen molar-refractivity contribution in [2.75, 3.05) is 20.3 Å². The summed E-state index contributed by atoms with van der Waals surface area (Å²) in [6, 6.07) is 0.499. The van der Waals surface area contributed by atoms with Crippen LogP contribution >= 0.6 is 0 Å². The smallest absolute Gasteiger partial charge is 0.0750 e. The highest BCUT2D eigenvalue weighted by molar-refractivity contribution is 4.84. The zero-order chi connectivity index (χ0) is 12.0. The normalized spacial score (nSPS) is 27.0. The summed E-state index contributed by atoms with van der Waals surface area (Å²) in [4.78, 5) is 0. The molecule has 0 aromatic rings. The third kappa shape index (κ3) is 4.40. The summed E-state index contributed by atoms with van der Waals surface area (Å²) < 4.78 is 11.2. The molecule has 1 saturated carbocycles. The molecule has 0 saturated heterocycles. The molecule has 3 nitrogen and oxygen atoms in total. The van der Waals surface area contributed by atoms with Crippen LogP contribution in [0.3, 0.4) is 0 Å². The van der Waals surface area contributed by atoms with Crippen molar-refractivity contribution in [2.24, 2.45) is 0 Å². The summed E-state index contributed by atoms with van der Waals surface area (Å²) in [6.07, 6.45) is 5.40. The predicted octanol–water partition coefficient (Wildman–Crippen LogP) is 2.35. The van der Waals surface area contributed by atoms with Gasteiger partial charge < -0.3 is 14.8 Å². The van der Waals surface area contributed by atoms with Crippen LogP contribution < -0.4 is 5.32 Å². The van der Waals surface area contributed by atoms with Crippen molar-refractivity contribution < 1.29 is 9.47 Å². The standard InChI is InChI=1S/C13H27NO2/c1-5-16-13(2,3)10-14-11-8-6-7-9-12(11)15-4/h11-12,14H,5-10H2,1-4H3. The quantitative estimate of drug-likeness (QED) is 0.758. The third-order valence-electron chi connectivity index (χ3n) is 3.33. The maximum Gasteiger partial charge on any atom is 0.0750 e. The van der Waals surface area contributed by atoms with E-state index in [0.29, 0.717) is 12.1 Å². The second kappa shape index (κ2) is 6.58. The molecule has 0 spiro atoms. The van der Waals surface area contributed by atoms with Crippen molar-refractivity contribution in [3.8, 4) is 0 Å². The first-order chi connectivity index (χ1) is 7.59. The van der Waals surface area contributed by atoms with Gasteiger partial charge in [-0.3, -0.25) is 0 Å². The van der Waals surface area contributed by atoms with E-state index < -0.39 is 0 Å². The van der Waals surface area contributed by atoms with Gasteiger partial charge in [-0.2, -0.15) is 0 Å². The summed E-state index contributed by atoms with van der Waals surface area (Å²) in [5.74, 6) is 0. The highest BCUT2D eigenvalue weighted by Gasteiger charge is 2.27. The highest BCUT2D eigenvalue weighted by atomic mass is 16.5. The minimum absolute atomic E-state index is 0.0789. The van der Waals surface area contributed by atoms with E-state index in [1.165, 1.54) is 25.7 Å². The van der Waals surface area contributed by atoms with Crippen LogP contribution in [0.15, 0.2) is 0 Å². The fourth-order valence-corrected chi connectivity index (χ4v) is 2.43. The number of hydrogen-bond donors (Lipinski definition) is 1. The van der Waals surface area contributed by atoms with Gasteiger partial charge in [0, 0.05) is 26.3 Å². The van der Waals surface area contributed by atoms with Crippen molar-refractivity contribution in [1.82, 2.24) is 5.32 Å². The van der Waals surface area contributed by atoms with E-state index in [2.05, 4.69) is 19.2 Å². The largest absolute Gasteiger partial charge is 0.380 e. The van der Waals surface area contributed by atoms with Crippen LogP contribution in [0, 0.1) is 0 Å². The van der Waals surface area contributed by atoms with Gasteiger partial charge >= 0.3 is 0 Å². The molecule has 1 aliphatic carbocycles. The average Bonchev–Trinajstić information content (AvgIpc) is 2.27. The summed E-state index contributed by atoms with van der Waals surface area (Å²) in [5, 5.41) is 3.60. The van der Waals surface area contributed by atoms with Gasteiger partial charge in [0.05, 0.1) is 11.7 Å². The fraction of sp³-hybridized carbons (Fsp3) is 1.00. The molecule has 0 heterocycles. The fourth-order valence-electron chi connectivity index (χ4n) is 2.43. The van der Waals surface area contributed by atoms with Crippen LogP contribution in [0.1, 0.15) is 46.5 Å². The summed E-state index contributed by atoms with van der Waals surface area (Å²) in [7, 11) is 1.82. The van der Waals surface area contributed by atoms with Gasteiger partial charge in [-0.1, -0.05) is 12.8 Å². The molecule has 96 valence electrons. The second-order valence-corrected chi connectivity index (χ2v) is 5.24. The summed E-state index contributed by atoms with van der Waals surface area (Å²) in [5.41, 5.74) is -0.0789. The Balaban J connectivity index is 2.34. The molecule has 2 unspecified atom stereocenters. The number of ether oxygens (including phenoxy) is 2. The molecule has 1 N–H and O–H groups in total. The van der Waals surface area contributed by atoms with Crippen LogP contribution in [0.25, 0.3) is 0 Å². The number of rotatable bonds is 6. The van der Waals surface area contributed by atoms with Crippen molar-refractivity contribution in [2.45, 2.75) is 64.2 Å². The average molecular weight is 229 g/mol. The lowest BCUT2D eigenvalue weighted by Crippen LogP contribution is -2.49. The molecule has 0 aliphatic heterocycles. The van der Waals surface area contributed by atoms with Gasteiger partial charge in [0.2, 0.25) is 0 Å². The number of nitrogens with one attached hydrogen (secondary N) is 1. The van der Waals surface area contributed by atoms with Crippen LogP contribution in [-0.4, -0.2) is 38.0 Å². The molecule has 0 aromatic carbocycles. The van der Waals surface area contributed by atoms with Gasteiger partial charge in [0.1, 0.15) is 0 Å². The Morgan fingerprint density at radius 3 is 2.56 bits per heavy atom. The maximum absolute atomic E-state index is 5.69. The molecule has 0 radical (unpaired) electrons. The number of methoxy groups -OCH3 is 1. The minimum atomic E-state index is -0.0789. The highest BCUT2D eigenvalue weighted by Crippen LogP contribution is 2.21. The Bertz CT molecular complexity index is 194. The van der Waals surface area contributed by atoms with Gasteiger partial charge in [0.25, 0.3) is 0 Å². The monoisotopic (exact) mass is 229 g/mol. The SMILES string of the molecule is CCOC(C)(C)CNC1CCCCC1OC. The van der Waals surface area contributed by atoms with Crippen molar-refractivity contribution in [3.63, 3.8) is 0 Å². The van der Waals surface area contributed by atoms with Gasteiger partial charge in [0.15, 0.2) is 0 Å². The lowest BCUT2D eigenvalue weighted by atomic mass is 9.92. The van der Waals surface area contributed by atoms with E-state index in [0.717, 1.165) is 13.2 Å². The first kappa shape index (κ1) is 13.9. The molecule has 2 atom stereocenters. The molecule has 1 fully saturated rings. The topological polar surface area (TPSA) is 30.5 Å². The molecule has 0 bridgehead atoms. The van der Waals surface area contributed by atoms with E-state index in [1.807, 2.05) is 14.0 Å². The Kier molecular flexibility index (Phi) is 5.73. The van der Waals surface area contributed by atoms with E-state index in [9.17, 15) is 0 Å². The molecule has 3 heteroatoms. The molecule has 0 aromatic heterocycles. The van der Waals surface area contributed by atoms with E-state index in [4.69, 9.17) is 9.47 Å². The molecular formula is C13H27NO2. The number of hydrogen-bond acceptors (Lipinski definition) is 3. The van der Waals surface area contributed by atoms with E-state index >= 15 is 0 Å². The van der Waals surface area contributed by atoms with Crippen molar-refractivity contribution >= 4 is 0 Å². The lowest BCUT2D eigenvalue weighted by molar-refractivity contribution is -0.0205. The Hall–Kier alpha value is -0.120. The first-order valence-electron chi connectivity index (χ1n) is 6.49. The van der Waals surface area contributed by atoms with Gasteiger partial charge in [-0.05, 0) is 33.6 Å². The van der Waals surface area contributed by atoms with Crippen molar-refractivity contribution in [1.29, 1.82) is 0 Å². The van der Waals surface area contributed by atoms with Crippen molar-refractivity contribution in [3.05, 3.63) is 0 Å². The van der Waals surface area contributed by atoms with Crippen LogP contribution in [0.5, 0.6) is 0 Å². The Labute approximate surface area is 99.9 Å². The van der Waals surface area contributed by atoms with Gasteiger partial charge in [-0.15, -0.1) is 0 Å². The van der Waals surface area contributed by atoms with Crippen LogP contribution in [0.2, 0.25) is 0 Å². The lowest BCUT2D eigenvalue weighted by Gasteiger charge is -2.34. The molecule has 1 rings (SSSR count). The molecule has 16 heavy (non-hydrogen) atoms. The zero-order valence-electron chi connectivity index (χ0n) is 11.2. The second-order valence-electron chi connectivity index (χ2n) is 5.24. The molecule has 0 amide bonds. The van der Waals surface area contributed by atoms with Gasteiger partial charge in [-0.25, -0.2) is 0 Å². The Morgan fingerprint density at radius 1 is 1.25 bits per heavy atom. The zero-order valence-corrected chi connectivity index (χ0v) is 11.2. The predicted molar refractivity (Wildman–Crippen MR) is 66.8 cm³/mol. The van der Waals surface area contributed by atoms with Crippen LogP contribution in [-0.2, 0) is 9.47 Å². The first-order valence-corrected chi connectivity index (χ1v) is 6.49. The van der Waals surface area contributed by atoms with E-state index in [1.54, 1.807) is 0 Å². The van der Waals surface area contributed by atoms with Crippen LogP contribution in [0.4, 0.5) is 0 Å². The third-order valence-corrected chi connectivity index (χ3v) is 3.33. The summed E-state index contributed by atoms with van der Waals surface area (Å²) in [6.45, 7) is 7.97. The van der Waals surface area contributed by atoms with E-state index in [-0.39, 0.29) is 5.60 Å². The minimum Gasteiger partial charge on any atom is -0.380 e.